The lowest BCUT2D eigenvalue weighted by Crippen LogP contribution is -2.03. The van der Waals surface area contributed by atoms with Crippen molar-refractivity contribution in [1.29, 1.82) is 0 Å². The molecule has 204 valence electrons. The molecule has 2 heterocycles. The van der Waals surface area contributed by atoms with Gasteiger partial charge in [-0.2, -0.15) is 5.69 Å². The van der Waals surface area contributed by atoms with Crippen molar-refractivity contribution < 1.29 is 0 Å². The second-order valence-electron chi connectivity index (χ2n) is 11.9. The summed E-state index contributed by atoms with van der Waals surface area (Å²) in [4.78, 5) is 10.4. The van der Waals surface area contributed by atoms with Gasteiger partial charge in [0.25, 0.3) is 0 Å². The third kappa shape index (κ3) is 5.54. The zero-order chi connectivity index (χ0) is 28.7. The number of hydrogen-bond donors (Lipinski definition) is 0. The van der Waals surface area contributed by atoms with Crippen LogP contribution >= 0.6 is 0 Å². The van der Waals surface area contributed by atoms with Gasteiger partial charge in [0.1, 0.15) is 0 Å². The molecule has 0 spiro atoms. The standard InChI is InChI=1S/C38H41N2/c1-22-14-25(4)33(26(5)15-22)20-31-10-12-35(39-31)38(37-29(8)18-24(3)19-30(37)9)36-13-11-32(40-36)21-34-27(6)16-23(2)17-28(34)7/h10-19H,20-21H2,1-9H3/q-1/b38-35+. The molecule has 40 heavy (non-hydrogen) atoms. The highest BCUT2D eigenvalue weighted by Crippen LogP contribution is 2.35. The first kappa shape index (κ1) is 27.6. The van der Waals surface area contributed by atoms with Crippen LogP contribution in [0.15, 0.2) is 71.4 Å². The smallest absolute Gasteiger partial charge is 0.0700 e. The highest BCUT2D eigenvalue weighted by Gasteiger charge is 2.17. The van der Waals surface area contributed by atoms with E-state index in [9.17, 15) is 0 Å². The van der Waals surface area contributed by atoms with E-state index in [0.29, 0.717) is 0 Å². The van der Waals surface area contributed by atoms with E-state index in [1.807, 2.05) is 0 Å². The van der Waals surface area contributed by atoms with Gasteiger partial charge in [0.05, 0.1) is 5.70 Å². The first-order chi connectivity index (χ1) is 19.0. The number of hydrogen-bond acceptors (Lipinski definition) is 1. The Morgan fingerprint density at radius 1 is 0.575 bits per heavy atom. The predicted octanol–water partition coefficient (Wildman–Crippen LogP) is 9.02. The quantitative estimate of drug-likeness (QED) is 0.247. The van der Waals surface area contributed by atoms with Crippen molar-refractivity contribution in [2.75, 3.05) is 0 Å². The van der Waals surface area contributed by atoms with Crippen LogP contribution in [0.1, 0.15) is 78.1 Å². The second-order valence-corrected chi connectivity index (χ2v) is 11.9. The van der Waals surface area contributed by atoms with Gasteiger partial charge in [-0.1, -0.05) is 65.2 Å². The van der Waals surface area contributed by atoms with Gasteiger partial charge in [-0.15, -0.1) is 5.69 Å². The van der Waals surface area contributed by atoms with Crippen molar-refractivity contribution >= 4 is 11.3 Å². The van der Waals surface area contributed by atoms with Crippen LogP contribution in [-0.4, -0.2) is 5.71 Å². The molecule has 0 saturated heterocycles. The molecule has 0 amide bonds. The maximum atomic E-state index is 5.22. The molecule has 2 nitrogen and oxygen atoms in total. The third-order valence-corrected chi connectivity index (χ3v) is 8.23. The molecule has 0 atom stereocenters. The SMILES string of the molecule is Cc1cc(C)c(CC2=N/C(=C(\c3ccc(Cc4c(C)cc(C)cc4C)[n-]3)c3c(C)cc(C)cc3C)C=C2)c(C)c1. The number of aliphatic imine (C=N–C) groups is 1. The van der Waals surface area contributed by atoms with Crippen molar-refractivity contribution in [3.05, 3.63) is 145 Å². The molecule has 0 bridgehead atoms. The van der Waals surface area contributed by atoms with E-state index in [-0.39, 0.29) is 0 Å². The molecule has 0 radical (unpaired) electrons. The summed E-state index contributed by atoms with van der Waals surface area (Å²) in [5.41, 5.74) is 21.1. The van der Waals surface area contributed by atoms with Crippen LogP contribution in [0.5, 0.6) is 0 Å². The summed E-state index contributed by atoms with van der Waals surface area (Å²) >= 11 is 0. The Morgan fingerprint density at radius 2 is 1.05 bits per heavy atom. The summed E-state index contributed by atoms with van der Waals surface area (Å²) in [5.74, 6) is 0. The molecule has 1 aliphatic heterocycles. The lowest BCUT2D eigenvalue weighted by atomic mass is 9.91. The van der Waals surface area contributed by atoms with Gasteiger partial charge >= 0.3 is 0 Å². The van der Waals surface area contributed by atoms with Crippen molar-refractivity contribution in [3.8, 4) is 0 Å². The number of benzene rings is 3. The number of nitrogens with zero attached hydrogens (tertiary/aromatic N) is 2. The van der Waals surface area contributed by atoms with Gasteiger partial charge in [0.2, 0.25) is 0 Å². The molecule has 0 fully saturated rings. The highest BCUT2D eigenvalue weighted by molar-refractivity contribution is 6.02. The summed E-state index contributed by atoms with van der Waals surface area (Å²) < 4.78 is 0. The molecule has 3 aromatic carbocycles. The zero-order valence-corrected chi connectivity index (χ0v) is 25.6. The van der Waals surface area contributed by atoms with Crippen molar-refractivity contribution in [1.82, 2.24) is 4.98 Å². The van der Waals surface area contributed by atoms with E-state index >= 15 is 0 Å². The minimum absolute atomic E-state index is 0.836. The van der Waals surface area contributed by atoms with Gasteiger partial charge in [-0.25, -0.2) is 0 Å². The number of allylic oxidation sites excluding steroid dienone is 2. The Labute approximate surface area is 240 Å². The number of aryl methyl sites for hydroxylation is 9. The Morgan fingerprint density at radius 3 is 1.57 bits per heavy atom. The fourth-order valence-electron chi connectivity index (χ4n) is 6.59. The largest absolute Gasteiger partial charge is 0.660 e. The second kappa shape index (κ2) is 10.9. The predicted molar refractivity (Wildman–Crippen MR) is 171 cm³/mol. The first-order valence-electron chi connectivity index (χ1n) is 14.3. The monoisotopic (exact) mass is 525 g/mol. The zero-order valence-electron chi connectivity index (χ0n) is 25.6. The van der Waals surface area contributed by atoms with Crippen molar-refractivity contribution in [2.24, 2.45) is 4.99 Å². The Kier molecular flexibility index (Phi) is 7.55. The average Bonchev–Trinajstić information content (AvgIpc) is 3.50. The summed E-state index contributed by atoms with van der Waals surface area (Å²) in [6.45, 7) is 19.8. The van der Waals surface area contributed by atoms with Crippen LogP contribution < -0.4 is 4.98 Å². The van der Waals surface area contributed by atoms with E-state index in [4.69, 9.17) is 9.98 Å². The summed E-state index contributed by atoms with van der Waals surface area (Å²) in [6.07, 6.45) is 6.05. The van der Waals surface area contributed by atoms with E-state index < -0.39 is 0 Å². The van der Waals surface area contributed by atoms with Crippen LogP contribution in [0.2, 0.25) is 0 Å². The summed E-state index contributed by atoms with van der Waals surface area (Å²) in [5, 5.41) is 0. The first-order valence-corrected chi connectivity index (χ1v) is 14.3. The molecular weight excluding hydrogens is 484 g/mol. The van der Waals surface area contributed by atoms with E-state index in [2.05, 4.69) is 123 Å². The van der Waals surface area contributed by atoms with E-state index in [1.54, 1.807) is 0 Å². The maximum Gasteiger partial charge on any atom is 0.0700 e. The summed E-state index contributed by atoms with van der Waals surface area (Å²) in [7, 11) is 0. The molecule has 1 aromatic heterocycles. The van der Waals surface area contributed by atoms with Gasteiger partial charge in [0.15, 0.2) is 0 Å². The Bertz CT molecular complexity index is 1650. The van der Waals surface area contributed by atoms with Crippen molar-refractivity contribution in [2.45, 2.75) is 75.2 Å². The lowest BCUT2D eigenvalue weighted by Gasteiger charge is -2.21. The molecule has 0 N–H and O–H groups in total. The average molecular weight is 526 g/mol. The van der Waals surface area contributed by atoms with Gasteiger partial charge < -0.3 is 4.98 Å². The van der Waals surface area contributed by atoms with Crippen molar-refractivity contribution in [3.63, 3.8) is 0 Å². The fourth-order valence-corrected chi connectivity index (χ4v) is 6.59. The molecule has 5 rings (SSSR count). The summed E-state index contributed by atoms with van der Waals surface area (Å²) in [6, 6.07) is 18.0. The fraction of sp³-hybridized carbons (Fsp3) is 0.289. The normalized spacial score (nSPS) is 14.2. The molecule has 4 aromatic rings. The molecule has 1 aliphatic rings. The minimum Gasteiger partial charge on any atom is -0.660 e. The van der Waals surface area contributed by atoms with Gasteiger partial charge in [-0.3, -0.25) is 4.99 Å². The molecule has 0 saturated carbocycles. The van der Waals surface area contributed by atoms with Crippen LogP contribution in [0.4, 0.5) is 0 Å². The maximum absolute atomic E-state index is 5.22. The lowest BCUT2D eigenvalue weighted by molar-refractivity contribution is 1.04. The van der Waals surface area contributed by atoms with E-state index in [0.717, 1.165) is 41.2 Å². The van der Waals surface area contributed by atoms with Crippen LogP contribution in [0.25, 0.3) is 5.57 Å². The highest BCUT2D eigenvalue weighted by atomic mass is 14.8. The molecule has 0 aliphatic carbocycles. The number of rotatable bonds is 6. The topological polar surface area (TPSA) is 26.5 Å². The van der Waals surface area contributed by atoms with E-state index in [1.165, 1.54) is 66.8 Å². The molecule has 2 heteroatoms. The van der Waals surface area contributed by atoms with Gasteiger partial charge in [-0.05, 0) is 137 Å². The minimum atomic E-state index is 0.836. The van der Waals surface area contributed by atoms with Crippen LogP contribution in [0.3, 0.4) is 0 Å². The Hall–Kier alpha value is -3.91. The molecular formula is C38H41N2-. The Balaban J connectivity index is 1.59. The van der Waals surface area contributed by atoms with Gasteiger partial charge in [0, 0.05) is 12.1 Å². The van der Waals surface area contributed by atoms with Crippen LogP contribution in [0, 0.1) is 62.3 Å². The molecule has 0 unspecified atom stereocenters. The third-order valence-electron chi connectivity index (χ3n) is 8.23. The number of aromatic nitrogens is 1. The van der Waals surface area contributed by atoms with Crippen LogP contribution in [-0.2, 0) is 12.8 Å².